The molecule has 28 heavy (non-hydrogen) atoms. The minimum absolute atomic E-state index is 0.0660. The van der Waals surface area contributed by atoms with E-state index in [2.05, 4.69) is 32.7 Å². The van der Waals surface area contributed by atoms with E-state index in [4.69, 9.17) is 9.47 Å². The number of ether oxygens (including phenoxy) is 2. The number of alkyl carbamates (subject to hydrolysis) is 1. The average Bonchev–Trinajstić information content (AvgIpc) is 3.06. The van der Waals surface area contributed by atoms with Crippen molar-refractivity contribution in [2.75, 3.05) is 33.3 Å². The number of benzene rings is 1. The van der Waals surface area contributed by atoms with Gasteiger partial charge in [-0.1, -0.05) is 12.1 Å². The third-order valence-corrected chi connectivity index (χ3v) is 4.33. The van der Waals surface area contributed by atoms with Crippen LogP contribution in [0.15, 0.2) is 29.3 Å². The van der Waals surface area contributed by atoms with Crippen LogP contribution in [0.1, 0.15) is 39.7 Å². The van der Waals surface area contributed by atoms with Crippen molar-refractivity contribution in [1.82, 2.24) is 15.5 Å². The van der Waals surface area contributed by atoms with Crippen LogP contribution in [-0.4, -0.2) is 61.9 Å². The third kappa shape index (κ3) is 7.29. The minimum atomic E-state index is -0.487. The summed E-state index contributed by atoms with van der Waals surface area (Å²) in [6.45, 7) is 10.6. The zero-order chi connectivity index (χ0) is 20.6. The predicted octanol–water partition coefficient (Wildman–Crippen LogP) is 2.80. The summed E-state index contributed by atoms with van der Waals surface area (Å²) in [6.07, 6.45) is 1.39. The topological polar surface area (TPSA) is 75.2 Å². The van der Waals surface area contributed by atoms with Gasteiger partial charge in [0.05, 0.1) is 12.6 Å². The summed E-state index contributed by atoms with van der Waals surface area (Å²) in [6, 6.07) is 8.23. The molecule has 1 atom stereocenters. The standard InChI is InChI=1S/C21H34N4O3/c1-6-27-18-9-7-8-16(14-18)10-12-23-19(22-5)25-13-11-17(15-25)24-20(26)28-21(2,3)4/h7-9,14,17H,6,10-13,15H2,1-5H3,(H,22,23)(H,24,26)/t17-/m1/s1. The summed E-state index contributed by atoms with van der Waals surface area (Å²) in [5.74, 6) is 1.76. The maximum absolute atomic E-state index is 12.0. The molecular formula is C21H34N4O3. The van der Waals surface area contributed by atoms with E-state index in [9.17, 15) is 4.79 Å². The molecule has 1 aromatic rings. The van der Waals surface area contributed by atoms with E-state index in [1.165, 1.54) is 5.56 Å². The molecule has 2 N–H and O–H groups in total. The number of nitrogens with one attached hydrogen (secondary N) is 2. The Hall–Kier alpha value is -2.44. The van der Waals surface area contributed by atoms with E-state index < -0.39 is 5.60 Å². The van der Waals surface area contributed by atoms with Crippen LogP contribution < -0.4 is 15.4 Å². The lowest BCUT2D eigenvalue weighted by molar-refractivity contribution is 0.0507. The van der Waals surface area contributed by atoms with Crippen LogP contribution in [0.25, 0.3) is 0 Å². The van der Waals surface area contributed by atoms with Crippen molar-refractivity contribution in [1.29, 1.82) is 0 Å². The summed E-state index contributed by atoms with van der Waals surface area (Å²) in [7, 11) is 1.78. The van der Waals surface area contributed by atoms with Gasteiger partial charge in [0, 0.05) is 26.7 Å². The zero-order valence-corrected chi connectivity index (χ0v) is 17.7. The summed E-state index contributed by atoms with van der Waals surface area (Å²) in [5.41, 5.74) is 0.735. The van der Waals surface area contributed by atoms with Gasteiger partial charge < -0.3 is 25.0 Å². The fraction of sp³-hybridized carbons (Fsp3) is 0.619. The van der Waals surface area contributed by atoms with Gasteiger partial charge in [0.1, 0.15) is 11.4 Å². The molecule has 1 amide bonds. The van der Waals surface area contributed by atoms with Crippen molar-refractivity contribution >= 4 is 12.1 Å². The molecule has 1 aliphatic rings. The van der Waals surface area contributed by atoms with Crippen LogP contribution in [0.2, 0.25) is 0 Å². The number of nitrogens with zero attached hydrogens (tertiary/aromatic N) is 2. The first-order valence-electron chi connectivity index (χ1n) is 9.97. The highest BCUT2D eigenvalue weighted by molar-refractivity contribution is 5.80. The van der Waals surface area contributed by atoms with Gasteiger partial charge in [0.25, 0.3) is 0 Å². The first kappa shape index (κ1) is 21.9. The lowest BCUT2D eigenvalue weighted by atomic mass is 10.1. The van der Waals surface area contributed by atoms with Gasteiger partial charge in [-0.2, -0.15) is 0 Å². The molecule has 0 aromatic heterocycles. The molecule has 1 heterocycles. The number of guanidine groups is 1. The highest BCUT2D eigenvalue weighted by Crippen LogP contribution is 2.14. The summed E-state index contributed by atoms with van der Waals surface area (Å²) >= 11 is 0. The van der Waals surface area contributed by atoms with Gasteiger partial charge in [-0.25, -0.2) is 4.79 Å². The van der Waals surface area contributed by atoms with E-state index in [0.29, 0.717) is 6.61 Å². The third-order valence-electron chi connectivity index (χ3n) is 4.33. The molecule has 0 unspecified atom stereocenters. The average molecular weight is 391 g/mol. The fourth-order valence-corrected chi connectivity index (χ4v) is 3.15. The lowest BCUT2D eigenvalue weighted by Crippen LogP contribution is -2.44. The minimum Gasteiger partial charge on any atom is -0.494 e. The SMILES string of the molecule is CCOc1cccc(CCNC(=NC)N2CC[C@@H](NC(=O)OC(C)(C)C)C2)c1. The lowest BCUT2D eigenvalue weighted by Gasteiger charge is -2.23. The number of aliphatic imine (C=N–C) groups is 1. The van der Waals surface area contributed by atoms with Crippen LogP contribution in [0.4, 0.5) is 4.79 Å². The smallest absolute Gasteiger partial charge is 0.407 e. The second-order valence-electron chi connectivity index (χ2n) is 7.88. The molecule has 2 rings (SSSR count). The van der Waals surface area contributed by atoms with Crippen molar-refractivity contribution in [3.63, 3.8) is 0 Å². The van der Waals surface area contributed by atoms with Crippen molar-refractivity contribution in [2.45, 2.75) is 52.2 Å². The van der Waals surface area contributed by atoms with Crippen LogP contribution in [-0.2, 0) is 11.2 Å². The quantitative estimate of drug-likeness (QED) is 0.577. The molecule has 0 aliphatic carbocycles. The summed E-state index contributed by atoms with van der Waals surface area (Å²) in [5, 5.41) is 6.36. The first-order chi connectivity index (χ1) is 13.3. The van der Waals surface area contributed by atoms with Crippen LogP contribution in [0.3, 0.4) is 0 Å². The molecule has 7 heteroatoms. The maximum Gasteiger partial charge on any atom is 0.407 e. The van der Waals surface area contributed by atoms with E-state index in [1.54, 1.807) is 7.05 Å². The van der Waals surface area contributed by atoms with E-state index >= 15 is 0 Å². The molecule has 1 aliphatic heterocycles. The number of likely N-dealkylation sites (tertiary alicyclic amines) is 1. The van der Waals surface area contributed by atoms with Gasteiger partial charge in [0.2, 0.25) is 0 Å². The second kappa shape index (κ2) is 10.2. The molecule has 0 spiro atoms. The number of carbonyl (C=O) groups excluding carboxylic acids is 1. The van der Waals surface area contributed by atoms with E-state index in [0.717, 1.165) is 44.2 Å². The molecule has 0 radical (unpaired) electrons. The Morgan fingerprint density at radius 3 is 2.82 bits per heavy atom. The Labute approximate surface area is 168 Å². The first-order valence-corrected chi connectivity index (χ1v) is 9.97. The van der Waals surface area contributed by atoms with Crippen molar-refractivity contribution in [3.8, 4) is 5.75 Å². The highest BCUT2D eigenvalue weighted by Gasteiger charge is 2.27. The Morgan fingerprint density at radius 2 is 2.14 bits per heavy atom. The van der Waals surface area contributed by atoms with Gasteiger partial charge >= 0.3 is 6.09 Å². The normalized spacial score (nSPS) is 17.4. The van der Waals surface area contributed by atoms with E-state index in [1.807, 2.05) is 39.8 Å². The van der Waals surface area contributed by atoms with Crippen molar-refractivity contribution in [2.24, 2.45) is 4.99 Å². The largest absolute Gasteiger partial charge is 0.494 e. The molecule has 0 bridgehead atoms. The van der Waals surface area contributed by atoms with Gasteiger partial charge in [-0.15, -0.1) is 0 Å². The van der Waals surface area contributed by atoms with E-state index in [-0.39, 0.29) is 12.1 Å². The molecule has 1 fully saturated rings. The van der Waals surface area contributed by atoms with Crippen molar-refractivity contribution < 1.29 is 14.3 Å². The number of carbonyl (C=O) groups is 1. The Balaban J connectivity index is 1.78. The number of rotatable bonds is 6. The molecule has 1 aromatic carbocycles. The Kier molecular flexibility index (Phi) is 7.96. The maximum atomic E-state index is 12.0. The fourth-order valence-electron chi connectivity index (χ4n) is 3.15. The second-order valence-corrected chi connectivity index (χ2v) is 7.88. The predicted molar refractivity (Wildman–Crippen MR) is 112 cm³/mol. The monoisotopic (exact) mass is 390 g/mol. The molecule has 1 saturated heterocycles. The van der Waals surface area contributed by atoms with Crippen LogP contribution in [0.5, 0.6) is 5.75 Å². The summed E-state index contributed by atoms with van der Waals surface area (Å²) < 4.78 is 10.9. The molecule has 0 saturated carbocycles. The molecule has 7 nitrogen and oxygen atoms in total. The number of amides is 1. The number of hydrogen-bond acceptors (Lipinski definition) is 4. The van der Waals surface area contributed by atoms with Crippen molar-refractivity contribution in [3.05, 3.63) is 29.8 Å². The molecule has 156 valence electrons. The highest BCUT2D eigenvalue weighted by atomic mass is 16.6. The zero-order valence-electron chi connectivity index (χ0n) is 17.7. The Morgan fingerprint density at radius 1 is 1.36 bits per heavy atom. The number of hydrogen-bond donors (Lipinski definition) is 2. The van der Waals surface area contributed by atoms with Gasteiger partial charge in [-0.05, 0) is 58.2 Å². The van der Waals surface area contributed by atoms with Crippen LogP contribution in [0, 0.1) is 0 Å². The summed E-state index contributed by atoms with van der Waals surface area (Å²) in [4.78, 5) is 18.5. The Bertz CT molecular complexity index is 670. The van der Waals surface area contributed by atoms with Crippen LogP contribution >= 0.6 is 0 Å². The molecular weight excluding hydrogens is 356 g/mol. The van der Waals surface area contributed by atoms with Gasteiger partial charge in [-0.3, -0.25) is 4.99 Å². The van der Waals surface area contributed by atoms with Gasteiger partial charge in [0.15, 0.2) is 5.96 Å².